The number of hydrogen-bond donors (Lipinski definition) is 2. The zero-order chi connectivity index (χ0) is 32.5. The molecule has 0 radical (unpaired) electrons. The van der Waals surface area contributed by atoms with Crippen LogP contribution in [0.25, 0.3) is 10.9 Å². The van der Waals surface area contributed by atoms with Crippen molar-refractivity contribution in [2.45, 2.75) is 54.2 Å². The van der Waals surface area contributed by atoms with Crippen molar-refractivity contribution in [2.75, 3.05) is 25.5 Å². The van der Waals surface area contributed by atoms with Gasteiger partial charge in [0.05, 0.1) is 35.1 Å². The second-order valence-electron chi connectivity index (χ2n) is 11.9. The molecule has 10 nitrogen and oxygen atoms in total. The van der Waals surface area contributed by atoms with Gasteiger partial charge in [-0.2, -0.15) is 13.2 Å². The number of alkyl halides is 3. The molecular weight excluding hydrogens is 655 g/mol. The van der Waals surface area contributed by atoms with Gasteiger partial charge in [0, 0.05) is 28.7 Å². The van der Waals surface area contributed by atoms with Crippen LogP contribution in [0.4, 0.5) is 13.2 Å². The minimum atomic E-state index is -4.78. The van der Waals surface area contributed by atoms with E-state index in [0.29, 0.717) is 30.1 Å². The molecule has 3 amide bonds. The molecule has 2 unspecified atom stereocenters. The molecular formula is C29H29ClF3N5O5S2. The Morgan fingerprint density at radius 1 is 1.04 bits per heavy atom. The number of fused-ring (bicyclic) bond motifs is 3. The quantitative estimate of drug-likeness (QED) is 0.406. The number of piperazine rings is 1. The van der Waals surface area contributed by atoms with Gasteiger partial charge in [0.15, 0.2) is 0 Å². The van der Waals surface area contributed by atoms with Crippen molar-refractivity contribution in [2.24, 2.45) is 0 Å². The van der Waals surface area contributed by atoms with Crippen LogP contribution in [0.3, 0.4) is 0 Å². The van der Waals surface area contributed by atoms with Crippen LogP contribution < -0.4 is 4.72 Å². The lowest BCUT2D eigenvalue weighted by Crippen LogP contribution is -2.59. The molecule has 3 fully saturated rings. The number of aromatic amines is 1. The third-order valence-electron chi connectivity index (χ3n) is 8.61. The lowest BCUT2D eigenvalue weighted by Gasteiger charge is -2.39. The maximum Gasteiger partial charge on any atom is 0.416 e. The second-order valence-corrected chi connectivity index (χ2v) is 15.6. The van der Waals surface area contributed by atoms with E-state index in [0.717, 1.165) is 17.0 Å². The number of halogens is 4. The van der Waals surface area contributed by atoms with Crippen LogP contribution in [0.1, 0.15) is 36.3 Å². The number of rotatable bonds is 6. The monoisotopic (exact) mass is 683 g/mol. The number of H-pyrrole nitrogens is 1. The van der Waals surface area contributed by atoms with Gasteiger partial charge in [-0.05, 0) is 50.6 Å². The molecule has 3 saturated heterocycles. The van der Waals surface area contributed by atoms with Gasteiger partial charge in [-0.1, -0.05) is 29.8 Å². The third kappa shape index (κ3) is 5.79. The molecule has 0 aliphatic carbocycles. The number of carbonyl (C=O) groups is 3. The fraction of sp³-hybridized carbons (Fsp3) is 0.414. The lowest BCUT2D eigenvalue weighted by atomic mass is 9.99. The summed E-state index contributed by atoms with van der Waals surface area (Å²) in [6, 6.07) is 9.77. The normalized spacial score (nSPS) is 22.9. The number of para-hydroxylation sites is 1. The maximum atomic E-state index is 14.0. The molecule has 2 N–H and O–H groups in total. The fourth-order valence-electron chi connectivity index (χ4n) is 6.34. The molecule has 3 aliphatic heterocycles. The third-order valence-corrected chi connectivity index (χ3v) is 11.9. The zero-order valence-electron chi connectivity index (χ0n) is 24.1. The molecule has 3 atom stereocenters. The van der Waals surface area contributed by atoms with Gasteiger partial charge in [0.1, 0.15) is 16.6 Å². The van der Waals surface area contributed by atoms with E-state index in [1.54, 1.807) is 15.9 Å². The van der Waals surface area contributed by atoms with Gasteiger partial charge in [-0.3, -0.25) is 14.4 Å². The molecule has 240 valence electrons. The van der Waals surface area contributed by atoms with E-state index < -0.39 is 54.9 Å². The Kier molecular flexibility index (Phi) is 7.90. The zero-order valence-corrected chi connectivity index (χ0v) is 26.5. The Bertz CT molecular complexity index is 1780. The average Bonchev–Trinajstić information content (AvgIpc) is 3.76. The summed E-state index contributed by atoms with van der Waals surface area (Å²) in [4.78, 5) is 47.8. The maximum absolute atomic E-state index is 14.0. The van der Waals surface area contributed by atoms with Gasteiger partial charge in [0.2, 0.25) is 21.8 Å². The Labute approximate surface area is 266 Å². The number of nitrogens with one attached hydrogen (secondary N) is 2. The molecule has 4 heterocycles. The number of thioether (sulfide) groups is 1. The summed E-state index contributed by atoms with van der Waals surface area (Å²) in [5.41, 5.74) is 0.0168. The number of benzene rings is 2. The van der Waals surface area contributed by atoms with Gasteiger partial charge < -0.3 is 19.7 Å². The standard InChI is InChI=1S/C29H29ClF3N5O5S2/c1-28(2)25(38(15-44-28)26(40)22-9-16-5-3-4-6-21(16)35-22)27(41)37-14-18-11-19(37)13-36(18)24(39)12-34-45(42,43)23-10-17(29(31,32)33)7-8-20(23)30/h3-10,18-19,25,34-35H,11-15H2,1-2H3/t18?,19?,25-/m1/s1. The van der Waals surface area contributed by atoms with E-state index in [4.69, 9.17) is 11.6 Å². The van der Waals surface area contributed by atoms with Crippen molar-refractivity contribution in [3.8, 4) is 0 Å². The van der Waals surface area contributed by atoms with Crippen molar-refractivity contribution >= 4 is 62.0 Å². The minimum absolute atomic E-state index is 0.164. The highest BCUT2D eigenvalue weighted by Gasteiger charge is 2.54. The first-order chi connectivity index (χ1) is 21.1. The molecule has 6 rings (SSSR count). The van der Waals surface area contributed by atoms with Gasteiger partial charge >= 0.3 is 6.18 Å². The Balaban J connectivity index is 1.11. The highest BCUT2D eigenvalue weighted by molar-refractivity contribution is 8.00. The summed E-state index contributed by atoms with van der Waals surface area (Å²) in [7, 11) is -4.54. The predicted octanol–water partition coefficient (Wildman–Crippen LogP) is 3.92. The largest absolute Gasteiger partial charge is 0.416 e. The summed E-state index contributed by atoms with van der Waals surface area (Å²) in [6.45, 7) is 3.53. The first-order valence-electron chi connectivity index (χ1n) is 14.1. The topological polar surface area (TPSA) is 123 Å². The molecule has 3 aliphatic rings. The lowest BCUT2D eigenvalue weighted by molar-refractivity contribution is -0.142. The number of nitrogens with zero attached hydrogens (tertiary/aromatic N) is 3. The van der Waals surface area contributed by atoms with Gasteiger partial charge in [-0.15, -0.1) is 11.8 Å². The Morgan fingerprint density at radius 2 is 1.73 bits per heavy atom. The first-order valence-corrected chi connectivity index (χ1v) is 16.9. The molecule has 45 heavy (non-hydrogen) atoms. The molecule has 1 aromatic heterocycles. The van der Waals surface area contributed by atoms with E-state index in [9.17, 15) is 36.0 Å². The number of sulfonamides is 1. The Hall–Kier alpha value is -3.27. The SMILES string of the molecule is CC1(C)SCN(C(=O)c2cc3ccccc3[nH]2)[C@@H]1C(=O)N1CC2CC1CN2C(=O)CNS(=O)(=O)c1cc(C(F)(F)F)ccc1Cl. The molecule has 16 heteroatoms. The number of aromatic nitrogens is 1. The number of hydrogen-bond acceptors (Lipinski definition) is 6. The van der Waals surface area contributed by atoms with Crippen molar-refractivity contribution in [1.82, 2.24) is 24.4 Å². The van der Waals surface area contributed by atoms with E-state index >= 15 is 0 Å². The molecule has 0 spiro atoms. The van der Waals surface area contributed by atoms with E-state index in [1.807, 2.05) is 38.1 Å². The fourth-order valence-corrected chi connectivity index (χ4v) is 8.96. The van der Waals surface area contributed by atoms with E-state index in [1.165, 1.54) is 16.7 Å². The van der Waals surface area contributed by atoms with Crippen LogP contribution in [0.15, 0.2) is 53.4 Å². The summed E-state index contributed by atoms with van der Waals surface area (Å²) in [5.74, 6) is -0.736. The van der Waals surface area contributed by atoms with Gasteiger partial charge in [0.25, 0.3) is 5.91 Å². The van der Waals surface area contributed by atoms with Crippen molar-refractivity contribution in [3.63, 3.8) is 0 Å². The summed E-state index contributed by atoms with van der Waals surface area (Å²) in [6.07, 6.45) is -4.30. The van der Waals surface area contributed by atoms with Crippen molar-refractivity contribution in [3.05, 3.63) is 64.8 Å². The summed E-state index contributed by atoms with van der Waals surface area (Å²) < 4.78 is 66.4. The highest BCUT2D eigenvalue weighted by Crippen LogP contribution is 2.43. The van der Waals surface area contributed by atoms with Crippen molar-refractivity contribution < 1.29 is 36.0 Å². The second kappa shape index (κ2) is 11.2. The summed E-state index contributed by atoms with van der Waals surface area (Å²) >= 11 is 7.39. The molecule has 3 aromatic rings. The minimum Gasteiger partial charge on any atom is -0.351 e. The average molecular weight is 684 g/mol. The first kappa shape index (κ1) is 31.7. The highest BCUT2D eigenvalue weighted by atomic mass is 35.5. The predicted molar refractivity (Wildman–Crippen MR) is 162 cm³/mol. The number of carbonyl (C=O) groups excluding carboxylic acids is 3. The van der Waals surface area contributed by atoms with Crippen LogP contribution >= 0.6 is 23.4 Å². The van der Waals surface area contributed by atoms with Gasteiger partial charge in [-0.25, -0.2) is 13.1 Å². The Morgan fingerprint density at radius 3 is 2.40 bits per heavy atom. The van der Waals surface area contributed by atoms with Crippen LogP contribution in [0, 0.1) is 0 Å². The number of amides is 3. The molecule has 0 saturated carbocycles. The smallest absolute Gasteiger partial charge is 0.351 e. The van der Waals surface area contributed by atoms with Crippen LogP contribution in [0.5, 0.6) is 0 Å². The molecule has 2 bridgehead atoms. The van der Waals surface area contributed by atoms with E-state index in [2.05, 4.69) is 9.71 Å². The summed E-state index contributed by atoms with van der Waals surface area (Å²) in [5, 5.41) is 0.471. The number of likely N-dealkylation sites (tertiary alicyclic amines) is 2. The van der Waals surface area contributed by atoms with Crippen molar-refractivity contribution in [1.29, 1.82) is 0 Å². The molecule has 2 aromatic carbocycles. The van der Waals surface area contributed by atoms with E-state index in [-0.39, 0.29) is 37.0 Å². The van der Waals surface area contributed by atoms with Crippen LogP contribution in [0.2, 0.25) is 5.02 Å². The van der Waals surface area contributed by atoms with Crippen LogP contribution in [-0.2, 0) is 25.8 Å². The van der Waals surface area contributed by atoms with Crippen LogP contribution in [-0.4, -0.2) is 94.2 Å².